The topological polar surface area (TPSA) is 29.5 Å². The molecule has 20 heavy (non-hydrogen) atoms. The van der Waals surface area contributed by atoms with Gasteiger partial charge in [0, 0.05) is 0 Å². The third-order valence-corrected chi connectivity index (χ3v) is 3.85. The predicted molar refractivity (Wildman–Crippen MR) is 84.4 cm³/mol. The number of benzene rings is 2. The van der Waals surface area contributed by atoms with Crippen molar-refractivity contribution in [3.63, 3.8) is 0 Å². The Labute approximate surface area is 121 Å². The molecule has 2 aromatic carbocycles. The van der Waals surface area contributed by atoms with Crippen LogP contribution < -0.4 is 4.74 Å². The second kappa shape index (κ2) is 7.18. The van der Waals surface area contributed by atoms with E-state index < -0.39 is 0 Å². The highest BCUT2D eigenvalue weighted by molar-refractivity contribution is 5.85. The smallest absolute Gasteiger partial charge is 0.161 e. The van der Waals surface area contributed by atoms with Crippen LogP contribution in [0.4, 0.5) is 0 Å². The summed E-state index contributed by atoms with van der Waals surface area (Å²) >= 11 is 0. The Bertz CT molecular complexity index is 548. The van der Waals surface area contributed by atoms with Gasteiger partial charge in [0.15, 0.2) is 11.5 Å². The van der Waals surface area contributed by atoms with Crippen LogP contribution in [0.25, 0.3) is 10.8 Å². The molecule has 0 amide bonds. The molecular weight excluding hydrogens is 248 g/mol. The van der Waals surface area contributed by atoms with E-state index in [-0.39, 0.29) is 5.75 Å². The van der Waals surface area contributed by atoms with Gasteiger partial charge in [0.2, 0.25) is 0 Å². The average molecular weight is 272 g/mol. The first-order chi connectivity index (χ1) is 9.74. The quantitative estimate of drug-likeness (QED) is 0.756. The third-order valence-electron chi connectivity index (χ3n) is 3.85. The number of phenolic OH excluding ortho intramolecular Hbond substituents is 1. The SMILES string of the molecule is CCCCC(CC)COc1cc2ccccc2cc1O. The zero-order chi connectivity index (χ0) is 14.4. The van der Waals surface area contributed by atoms with Crippen LogP contribution in [-0.2, 0) is 0 Å². The van der Waals surface area contributed by atoms with Crippen molar-refractivity contribution < 1.29 is 9.84 Å². The zero-order valence-electron chi connectivity index (χ0n) is 12.4. The Balaban J connectivity index is 2.07. The van der Waals surface area contributed by atoms with E-state index in [1.165, 1.54) is 19.3 Å². The van der Waals surface area contributed by atoms with Crippen LogP contribution in [0.15, 0.2) is 36.4 Å². The molecule has 0 saturated carbocycles. The van der Waals surface area contributed by atoms with Crippen molar-refractivity contribution in [1.82, 2.24) is 0 Å². The highest BCUT2D eigenvalue weighted by Crippen LogP contribution is 2.32. The molecule has 0 radical (unpaired) electrons. The Morgan fingerprint density at radius 3 is 2.45 bits per heavy atom. The molecule has 0 fully saturated rings. The summed E-state index contributed by atoms with van der Waals surface area (Å²) in [7, 11) is 0. The number of phenols is 1. The fourth-order valence-electron chi connectivity index (χ4n) is 2.43. The van der Waals surface area contributed by atoms with Gasteiger partial charge in [-0.3, -0.25) is 0 Å². The van der Waals surface area contributed by atoms with E-state index in [9.17, 15) is 5.11 Å². The van der Waals surface area contributed by atoms with Crippen LogP contribution in [0.2, 0.25) is 0 Å². The van der Waals surface area contributed by atoms with Crippen molar-refractivity contribution in [1.29, 1.82) is 0 Å². The molecular formula is C18H24O2. The minimum absolute atomic E-state index is 0.231. The molecule has 2 heteroatoms. The largest absolute Gasteiger partial charge is 0.504 e. The van der Waals surface area contributed by atoms with Crippen LogP contribution >= 0.6 is 0 Å². The third kappa shape index (κ3) is 3.66. The van der Waals surface area contributed by atoms with Crippen molar-refractivity contribution >= 4 is 10.8 Å². The monoisotopic (exact) mass is 272 g/mol. The van der Waals surface area contributed by atoms with Gasteiger partial charge in [-0.2, -0.15) is 0 Å². The summed E-state index contributed by atoms with van der Waals surface area (Å²) in [6.45, 7) is 5.09. The Hall–Kier alpha value is -1.70. The van der Waals surface area contributed by atoms with E-state index in [0.717, 1.165) is 17.2 Å². The average Bonchev–Trinajstić information content (AvgIpc) is 2.47. The van der Waals surface area contributed by atoms with E-state index in [0.29, 0.717) is 18.3 Å². The second-order valence-electron chi connectivity index (χ2n) is 5.39. The van der Waals surface area contributed by atoms with E-state index in [4.69, 9.17) is 4.74 Å². The lowest BCUT2D eigenvalue weighted by Gasteiger charge is -2.16. The van der Waals surface area contributed by atoms with Crippen LogP contribution in [0.1, 0.15) is 39.5 Å². The molecule has 0 aliphatic rings. The molecule has 1 atom stereocenters. The van der Waals surface area contributed by atoms with Crippen molar-refractivity contribution in [2.24, 2.45) is 5.92 Å². The first kappa shape index (κ1) is 14.7. The molecule has 0 aromatic heterocycles. The number of ether oxygens (including phenoxy) is 1. The van der Waals surface area contributed by atoms with Gasteiger partial charge in [-0.15, -0.1) is 0 Å². The minimum Gasteiger partial charge on any atom is -0.504 e. The maximum Gasteiger partial charge on any atom is 0.161 e. The van der Waals surface area contributed by atoms with Crippen molar-refractivity contribution in [3.05, 3.63) is 36.4 Å². The molecule has 2 aromatic rings. The normalized spacial score (nSPS) is 12.5. The van der Waals surface area contributed by atoms with Crippen LogP contribution in [0.5, 0.6) is 11.5 Å². The number of fused-ring (bicyclic) bond motifs is 1. The fraction of sp³-hybridized carbons (Fsp3) is 0.444. The number of aromatic hydroxyl groups is 1. The summed E-state index contributed by atoms with van der Waals surface area (Å²) in [5, 5.41) is 12.2. The summed E-state index contributed by atoms with van der Waals surface area (Å²) in [6.07, 6.45) is 4.78. The molecule has 0 saturated heterocycles. The molecule has 0 heterocycles. The molecule has 1 N–H and O–H groups in total. The van der Waals surface area contributed by atoms with Crippen molar-refractivity contribution in [2.75, 3.05) is 6.61 Å². The maximum absolute atomic E-state index is 10.0. The van der Waals surface area contributed by atoms with Crippen molar-refractivity contribution in [2.45, 2.75) is 39.5 Å². The second-order valence-corrected chi connectivity index (χ2v) is 5.39. The molecule has 0 bridgehead atoms. The van der Waals surface area contributed by atoms with Gasteiger partial charge < -0.3 is 9.84 Å². The highest BCUT2D eigenvalue weighted by atomic mass is 16.5. The summed E-state index contributed by atoms with van der Waals surface area (Å²) in [4.78, 5) is 0. The zero-order valence-corrected chi connectivity index (χ0v) is 12.4. The van der Waals surface area contributed by atoms with Crippen molar-refractivity contribution in [3.8, 4) is 11.5 Å². The van der Waals surface area contributed by atoms with Gasteiger partial charge in [-0.1, -0.05) is 57.4 Å². The van der Waals surface area contributed by atoms with Gasteiger partial charge in [0.25, 0.3) is 0 Å². The molecule has 0 aliphatic heterocycles. The van der Waals surface area contributed by atoms with E-state index >= 15 is 0 Å². The Kier molecular flexibility index (Phi) is 5.28. The van der Waals surface area contributed by atoms with E-state index in [2.05, 4.69) is 13.8 Å². The standard InChI is InChI=1S/C18H24O2/c1-3-5-8-14(4-2)13-20-18-12-16-10-7-6-9-15(16)11-17(18)19/h6-7,9-12,14,19H,3-5,8,13H2,1-2H3. The summed E-state index contributed by atoms with van der Waals surface area (Å²) < 4.78 is 5.84. The van der Waals surface area contributed by atoms with Gasteiger partial charge in [-0.05, 0) is 35.2 Å². The lowest BCUT2D eigenvalue weighted by Crippen LogP contribution is -2.11. The molecule has 2 nitrogen and oxygen atoms in total. The van der Waals surface area contributed by atoms with Crippen LogP contribution in [0.3, 0.4) is 0 Å². The Morgan fingerprint density at radius 1 is 1.10 bits per heavy atom. The lowest BCUT2D eigenvalue weighted by atomic mass is 10.0. The highest BCUT2D eigenvalue weighted by Gasteiger charge is 2.10. The van der Waals surface area contributed by atoms with E-state index in [1.54, 1.807) is 6.07 Å². The summed E-state index contributed by atoms with van der Waals surface area (Å²) in [5.74, 6) is 1.40. The van der Waals surface area contributed by atoms with Crippen LogP contribution in [-0.4, -0.2) is 11.7 Å². The lowest BCUT2D eigenvalue weighted by molar-refractivity contribution is 0.226. The summed E-state index contributed by atoms with van der Waals surface area (Å²) in [6, 6.07) is 11.7. The maximum atomic E-state index is 10.0. The number of hydrogen-bond acceptors (Lipinski definition) is 2. The minimum atomic E-state index is 0.231. The number of hydrogen-bond donors (Lipinski definition) is 1. The Morgan fingerprint density at radius 2 is 1.80 bits per heavy atom. The predicted octanol–water partition coefficient (Wildman–Crippen LogP) is 5.14. The number of rotatable bonds is 7. The van der Waals surface area contributed by atoms with Gasteiger partial charge in [-0.25, -0.2) is 0 Å². The first-order valence-electron chi connectivity index (χ1n) is 7.59. The molecule has 2 rings (SSSR count). The van der Waals surface area contributed by atoms with E-state index in [1.807, 2.05) is 30.3 Å². The first-order valence-corrected chi connectivity index (χ1v) is 7.59. The molecule has 0 spiro atoms. The van der Waals surface area contributed by atoms with Crippen LogP contribution in [0, 0.1) is 5.92 Å². The van der Waals surface area contributed by atoms with Gasteiger partial charge in [0.05, 0.1) is 6.61 Å². The molecule has 108 valence electrons. The number of unbranched alkanes of at least 4 members (excludes halogenated alkanes) is 1. The molecule has 1 unspecified atom stereocenters. The molecule has 0 aliphatic carbocycles. The van der Waals surface area contributed by atoms with Gasteiger partial charge >= 0.3 is 0 Å². The van der Waals surface area contributed by atoms with Gasteiger partial charge in [0.1, 0.15) is 0 Å². The summed E-state index contributed by atoms with van der Waals surface area (Å²) in [5.41, 5.74) is 0. The fourth-order valence-corrected chi connectivity index (χ4v) is 2.43.